The van der Waals surface area contributed by atoms with Crippen LogP contribution in [0.5, 0.6) is 0 Å². The van der Waals surface area contributed by atoms with Crippen LogP contribution >= 0.6 is 24.0 Å². The second-order valence-electron chi connectivity index (χ2n) is 5.95. The van der Waals surface area contributed by atoms with Crippen molar-refractivity contribution in [3.8, 4) is 0 Å². The van der Waals surface area contributed by atoms with Gasteiger partial charge in [-0.2, -0.15) is 0 Å². The fraction of sp³-hybridized carbons (Fsp3) is 0.444. The van der Waals surface area contributed by atoms with E-state index in [1.54, 1.807) is 0 Å². The van der Waals surface area contributed by atoms with Gasteiger partial charge in [0.05, 0.1) is 0 Å². The maximum absolute atomic E-state index is 11.2. The number of rotatable bonds is 5. The van der Waals surface area contributed by atoms with E-state index >= 15 is 0 Å². The quantitative estimate of drug-likeness (QED) is 0.367. The molecule has 1 aliphatic rings. The SMILES string of the molecule is CCNC(=NCCc1cc2ccccc2o1)NC1CCC(=O)NC1.I. The van der Waals surface area contributed by atoms with Crippen molar-refractivity contribution in [1.82, 2.24) is 16.0 Å². The minimum Gasteiger partial charge on any atom is -0.461 e. The number of carbonyl (C=O) groups is 1. The highest BCUT2D eigenvalue weighted by Crippen LogP contribution is 2.18. The Hall–Kier alpha value is -1.77. The molecule has 7 heteroatoms. The number of nitrogens with zero attached hydrogens (tertiary/aromatic N) is 1. The van der Waals surface area contributed by atoms with Crippen LogP contribution in [0.3, 0.4) is 0 Å². The largest absolute Gasteiger partial charge is 0.461 e. The first-order chi connectivity index (χ1) is 11.7. The molecule has 136 valence electrons. The molecular weight excluding hydrogens is 431 g/mol. The standard InChI is InChI=1S/C18H24N4O2.HI/c1-2-19-18(22-14-7-8-17(23)21-12-14)20-10-9-15-11-13-5-3-4-6-16(13)24-15;/h3-6,11,14H,2,7-10,12H2,1H3,(H,21,23)(H2,19,20,22);1H. The van der Waals surface area contributed by atoms with E-state index in [0.717, 1.165) is 42.1 Å². The van der Waals surface area contributed by atoms with Crippen molar-refractivity contribution < 1.29 is 9.21 Å². The number of halogens is 1. The highest BCUT2D eigenvalue weighted by Gasteiger charge is 2.18. The Morgan fingerprint density at radius 2 is 2.24 bits per heavy atom. The van der Waals surface area contributed by atoms with Crippen LogP contribution in [0.2, 0.25) is 0 Å². The summed E-state index contributed by atoms with van der Waals surface area (Å²) in [6, 6.07) is 10.3. The summed E-state index contributed by atoms with van der Waals surface area (Å²) in [4.78, 5) is 15.8. The number of guanidine groups is 1. The summed E-state index contributed by atoms with van der Waals surface area (Å²) in [5.41, 5.74) is 0.916. The maximum atomic E-state index is 11.2. The molecule has 0 spiro atoms. The van der Waals surface area contributed by atoms with Crippen LogP contribution in [0.4, 0.5) is 0 Å². The molecule has 3 rings (SSSR count). The summed E-state index contributed by atoms with van der Waals surface area (Å²) in [7, 11) is 0. The summed E-state index contributed by atoms with van der Waals surface area (Å²) in [5, 5.41) is 10.6. The van der Waals surface area contributed by atoms with Crippen molar-refractivity contribution in [2.45, 2.75) is 32.2 Å². The van der Waals surface area contributed by atoms with Crippen molar-refractivity contribution >= 4 is 46.8 Å². The Morgan fingerprint density at radius 3 is 2.96 bits per heavy atom. The van der Waals surface area contributed by atoms with Gasteiger partial charge in [-0.3, -0.25) is 9.79 Å². The lowest BCUT2D eigenvalue weighted by Crippen LogP contribution is -2.51. The molecule has 0 saturated carbocycles. The van der Waals surface area contributed by atoms with Crippen molar-refractivity contribution in [3.63, 3.8) is 0 Å². The van der Waals surface area contributed by atoms with Gasteiger partial charge >= 0.3 is 0 Å². The Labute approximate surface area is 164 Å². The highest BCUT2D eigenvalue weighted by atomic mass is 127. The average Bonchev–Trinajstić information content (AvgIpc) is 3.00. The lowest BCUT2D eigenvalue weighted by Gasteiger charge is -2.25. The predicted octanol–water partition coefficient (Wildman–Crippen LogP) is 2.43. The normalized spacial score (nSPS) is 17.7. The number of piperidine rings is 1. The minimum atomic E-state index is 0. The fourth-order valence-corrected chi connectivity index (χ4v) is 2.81. The molecule has 1 amide bonds. The number of para-hydroxylation sites is 1. The van der Waals surface area contributed by atoms with E-state index in [9.17, 15) is 4.79 Å². The van der Waals surface area contributed by atoms with Crippen molar-refractivity contribution in [3.05, 3.63) is 36.1 Å². The van der Waals surface area contributed by atoms with Crippen LogP contribution in [0.1, 0.15) is 25.5 Å². The molecule has 0 aliphatic carbocycles. The number of nitrogens with one attached hydrogen (secondary N) is 3. The van der Waals surface area contributed by atoms with Gasteiger partial charge in [0.1, 0.15) is 11.3 Å². The highest BCUT2D eigenvalue weighted by molar-refractivity contribution is 14.0. The fourth-order valence-electron chi connectivity index (χ4n) is 2.81. The number of carbonyl (C=O) groups excluding carboxylic acids is 1. The van der Waals surface area contributed by atoms with Gasteiger partial charge in [-0.05, 0) is 25.5 Å². The third-order valence-corrected chi connectivity index (χ3v) is 4.06. The summed E-state index contributed by atoms with van der Waals surface area (Å²) in [5.74, 6) is 1.86. The van der Waals surface area contributed by atoms with Crippen LogP contribution in [0, 0.1) is 0 Å². The van der Waals surface area contributed by atoms with Gasteiger partial charge in [0, 0.05) is 43.9 Å². The van der Waals surface area contributed by atoms with Crippen LogP contribution < -0.4 is 16.0 Å². The average molecular weight is 456 g/mol. The molecule has 2 heterocycles. The first-order valence-corrected chi connectivity index (χ1v) is 8.53. The number of hydrogen-bond donors (Lipinski definition) is 3. The molecule has 1 aliphatic heterocycles. The molecular formula is C18H25IN4O2. The molecule has 1 aromatic heterocycles. The first-order valence-electron chi connectivity index (χ1n) is 8.53. The lowest BCUT2D eigenvalue weighted by molar-refractivity contribution is -0.122. The second-order valence-corrected chi connectivity index (χ2v) is 5.95. The van der Waals surface area contributed by atoms with Crippen LogP contribution in [-0.4, -0.2) is 37.5 Å². The van der Waals surface area contributed by atoms with Crippen LogP contribution in [0.25, 0.3) is 11.0 Å². The third-order valence-electron chi connectivity index (χ3n) is 4.06. The van der Waals surface area contributed by atoms with E-state index in [1.807, 2.05) is 25.1 Å². The molecule has 6 nitrogen and oxygen atoms in total. The van der Waals surface area contributed by atoms with Gasteiger partial charge in [0.2, 0.25) is 5.91 Å². The Kier molecular flexibility index (Phi) is 7.54. The molecule has 1 atom stereocenters. The van der Waals surface area contributed by atoms with E-state index in [-0.39, 0.29) is 35.9 Å². The van der Waals surface area contributed by atoms with E-state index in [0.29, 0.717) is 19.5 Å². The van der Waals surface area contributed by atoms with Gasteiger partial charge in [0.15, 0.2) is 5.96 Å². The maximum Gasteiger partial charge on any atom is 0.220 e. The Balaban J connectivity index is 0.00000225. The zero-order valence-corrected chi connectivity index (χ0v) is 16.7. The van der Waals surface area contributed by atoms with E-state index in [2.05, 4.69) is 33.1 Å². The van der Waals surface area contributed by atoms with E-state index < -0.39 is 0 Å². The lowest BCUT2D eigenvalue weighted by atomic mass is 10.1. The van der Waals surface area contributed by atoms with Gasteiger partial charge in [-0.1, -0.05) is 18.2 Å². The monoisotopic (exact) mass is 456 g/mol. The summed E-state index contributed by atoms with van der Waals surface area (Å²) < 4.78 is 5.81. The zero-order chi connectivity index (χ0) is 16.8. The molecule has 0 bridgehead atoms. The number of furan rings is 1. The molecule has 1 unspecified atom stereocenters. The smallest absolute Gasteiger partial charge is 0.220 e. The van der Waals surface area contributed by atoms with Crippen molar-refractivity contribution in [2.24, 2.45) is 4.99 Å². The van der Waals surface area contributed by atoms with Gasteiger partial charge in [0.25, 0.3) is 0 Å². The molecule has 3 N–H and O–H groups in total. The van der Waals surface area contributed by atoms with Gasteiger partial charge < -0.3 is 20.4 Å². The summed E-state index contributed by atoms with van der Waals surface area (Å²) >= 11 is 0. The number of aliphatic imine (C=N–C) groups is 1. The molecule has 25 heavy (non-hydrogen) atoms. The van der Waals surface area contributed by atoms with E-state index in [1.165, 1.54) is 0 Å². The number of benzene rings is 1. The number of amides is 1. The summed E-state index contributed by atoms with van der Waals surface area (Å²) in [6.07, 6.45) is 2.16. The third kappa shape index (κ3) is 5.62. The van der Waals surface area contributed by atoms with Crippen molar-refractivity contribution in [2.75, 3.05) is 19.6 Å². The first kappa shape index (κ1) is 19.6. The van der Waals surface area contributed by atoms with Gasteiger partial charge in [-0.25, -0.2) is 0 Å². The second kappa shape index (κ2) is 9.65. The van der Waals surface area contributed by atoms with Crippen molar-refractivity contribution in [1.29, 1.82) is 0 Å². The Bertz CT molecular complexity index is 686. The molecule has 0 radical (unpaired) electrons. The molecule has 1 saturated heterocycles. The number of hydrogen-bond acceptors (Lipinski definition) is 3. The molecule has 2 aromatic rings. The van der Waals surface area contributed by atoms with Crippen LogP contribution in [-0.2, 0) is 11.2 Å². The topological polar surface area (TPSA) is 78.7 Å². The Morgan fingerprint density at radius 1 is 1.40 bits per heavy atom. The molecule has 1 aromatic carbocycles. The van der Waals surface area contributed by atoms with Crippen LogP contribution in [0.15, 0.2) is 39.7 Å². The van der Waals surface area contributed by atoms with Gasteiger partial charge in [-0.15, -0.1) is 24.0 Å². The zero-order valence-electron chi connectivity index (χ0n) is 14.4. The molecule has 1 fully saturated rings. The predicted molar refractivity (Wildman–Crippen MR) is 110 cm³/mol. The minimum absolute atomic E-state index is 0. The summed E-state index contributed by atoms with van der Waals surface area (Å²) in [6.45, 7) is 4.13. The van der Waals surface area contributed by atoms with E-state index in [4.69, 9.17) is 4.42 Å². The number of fused-ring (bicyclic) bond motifs is 1.